The zero-order chi connectivity index (χ0) is 34.3. The summed E-state index contributed by atoms with van der Waals surface area (Å²) in [6.07, 6.45) is 1.43. The van der Waals surface area contributed by atoms with E-state index in [-0.39, 0.29) is 116 Å². The van der Waals surface area contributed by atoms with E-state index in [9.17, 15) is 55.8 Å². The second-order valence-electron chi connectivity index (χ2n) is 11.3. The predicted octanol–water partition coefficient (Wildman–Crippen LogP) is -12.3. The molecule has 2 N–H and O–H groups in total. The van der Waals surface area contributed by atoms with Crippen LogP contribution in [0.5, 0.6) is 0 Å². The molecule has 0 unspecified atom stereocenters. The summed E-state index contributed by atoms with van der Waals surface area (Å²) in [6, 6.07) is -3.34. The zero-order valence-corrected chi connectivity index (χ0v) is 33.4. The second-order valence-corrected chi connectivity index (χ2v) is 16.4. The average Bonchev–Trinajstić information content (AvgIpc) is 3.65. The standard InChI is InChI=1S/2C11H12N4O7S.2K/c2*1-11(4-14-3-5(9(17)18)12-13-14)8(10(19)20)15-6(16)2-7(15)23(11,21)22;;/h2*3,7-8H,2,4H2,1H3,(H,17,18)(H,19,20);;/q;;2*+1/p-2/t2*7-,8+,11+;;/m11../s1. The van der Waals surface area contributed by atoms with Crippen molar-refractivity contribution in [1.82, 2.24) is 39.8 Å². The maximum Gasteiger partial charge on any atom is 1.00 e. The van der Waals surface area contributed by atoms with Crippen molar-refractivity contribution in [3.63, 3.8) is 0 Å². The van der Waals surface area contributed by atoms with E-state index in [1.165, 1.54) is 13.8 Å². The number of amides is 2. The van der Waals surface area contributed by atoms with Gasteiger partial charge in [0.1, 0.15) is 20.2 Å². The quantitative estimate of drug-likeness (QED) is 0.186. The SMILES string of the molecule is C[C@]1(Cn2cc(C(=O)O)nn2)[C@H](C(=O)[O-])N2C(=O)C[C@H]2S1(=O)=O.C[C@]1(Cn2cc(C(=O)O)nn2)[C@H](C(=O)[O-])N2C(=O)C[C@H]2S1(=O)=O.[K+].[K+]. The van der Waals surface area contributed by atoms with E-state index in [2.05, 4.69) is 20.6 Å². The molecule has 6 heterocycles. The fourth-order valence-corrected chi connectivity index (χ4v) is 10.8. The first-order chi connectivity index (χ1) is 21.2. The van der Waals surface area contributed by atoms with Crippen LogP contribution in [0, 0.1) is 0 Å². The van der Waals surface area contributed by atoms with Crippen molar-refractivity contribution in [2.45, 2.75) is 72.1 Å². The van der Waals surface area contributed by atoms with Crippen LogP contribution < -0.4 is 113 Å². The van der Waals surface area contributed by atoms with Gasteiger partial charge in [0.05, 0.1) is 62.3 Å². The summed E-state index contributed by atoms with van der Waals surface area (Å²) in [5, 5.41) is 51.8. The number of hydrogen-bond acceptors (Lipinski definition) is 16. The number of β-lactam (4-membered cyclic amide) rings is 2. The summed E-state index contributed by atoms with van der Waals surface area (Å²) in [7, 11) is -8.03. The van der Waals surface area contributed by atoms with Gasteiger partial charge in [0.2, 0.25) is 11.8 Å². The van der Waals surface area contributed by atoms with E-state index in [0.29, 0.717) is 0 Å². The van der Waals surface area contributed by atoms with E-state index in [0.717, 1.165) is 31.6 Å². The number of aromatic carboxylic acids is 2. The molecule has 4 saturated heterocycles. The molecule has 6 rings (SSSR count). The van der Waals surface area contributed by atoms with Crippen LogP contribution >= 0.6 is 0 Å². The first kappa shape index (κ1) is 40.7. The number of hydrogen-bond donors (Lipinski definition) is 2. The number of carboxylic acids is 4. The van der Waals surface area contributed by atoms with Gasteiger partial charge in [-0.1, -0.05) is 10.4 Å². The van der Waals surface area contributed by atoms with E-state index in [1.807, 2.05) is 0 Å². The number of fused-ring (bicyclic) bond motifs is 2. The minimum atomic E-state index is -4.02. The summed E-state index contributed by atoms with van der Waals surface area (Å²) < 4.78 is 48.6. The molecule has 0 spiro atoms. The Morgan fingerprint density at radius 3 is 1.29 bits per heavy atom. The molecular formula is C22H22K2N8O14S2. The largest absolute Gasteiger partial charge is 1.00 e. The summed E-state index contributed by atoms with van der Waals surface area (Å²) in [4.78, 5) is 69.3. The van der Waals surface area contributed by atoms with Crippen molar-refractivity contribution < 1.29 is 169 Å². The smallest absolute Gasteiger partial charge is 0.548 e. The van der Waals surface area contributed by atoms with Gasteiger partial charge in [-0.25, -0.2) is 35.8 Å². The Balaban J connectivity index is 0.000000250. The Kier molecular flexibility index (Phi) is 11.7. The molecule has 0 saturated carbocycles. The van der Waals surface area contributed by atoms with Crippen molar-refractivity contribution >= 4 is 55.4 Å². The Hall–Kier alpha value is -1.73. The molecule has 0 radical (unpaired) electrons. The molecular weight excluding hydrogens is 743 g/mol. The molecule has 4 aliphatic heterocycles. The van der Waals surface area contributed by atoms with Gasteiger partial charge >= 0.3 is 115 Å². The summed E-state index contributed by atoms with van der Waals surface area (Å²) in [5.74, 6) is -7.25. The van der Waals surface area contributed by atoms with Gasteiger partial charge in [-0.05, 0) is 13.8 Å². The molecule has 2 aromatic heterocycles. The molecule has 2 aromatic rings. The number of rotatable bonds is 8. The topological polar surface area (TPSA) is 325 Å². The van der Waals surface area contributed by atoms with E-state index >= 15 is 0 Å². The minimum Gasteiger partial charge on any atom is -0.548 e. The Bertz CT molecular complexity index is 1810. The summed E-state index contributed by atoms with van der Waals surface area (Å²) in [6.45, 7) is 1.43. The molecule has 6 atom stereocenters. The fraction of sp³-hybridized carbons (Fsp3) is 0.545. The third-order valence-corrected chi connectivity index (χ3v) is 14.1. The van der Waals surface area contributed by atoms with Crippen LogP contribution in [0.15, 0.2) is 12.4 Å². The second kappa shape index (κ2) is 13.8. The van der Waals surface area contributed by atoms with Crippen LogP contribution in [-0.2, 0) is 51.9 Å². The monoisotopic (exact) mass is 764 g/mol. The number of nitrogens with zero attached hydrogens (tertiary/aromatic N) is 8. The van der Waals surface area contributed by atoms with Crippen LogP contribution in [0.25, 0.3) is 0 Å². The van der Waals surface area contributed by atoms with Crippen molar-refractivity contribution in [3.05, 3.63) is 23.8 Å². The van der Waals surface area contributed by atoms with Gasteiger partial charge in [-0.2, -0.15) is 0 Å². The average molecular weight is 765 g/mol. The molecule has 0 bridgehead atoms. The van der Waals surface area contributed by atoms with Crippen molar-refractivity contribution in [1.29, 1.82) is 0 Å². The maximum atomic E-state index is 12.6. The van der Waals surface area contributed by atoms with E-state index < -0.39 is 112 Å². The van der Waals surface area contributed by atoms with Crippen LogP contribution in [0.3, 0.4) is 0 Å². The minimum absolute atomic E-state index is 0. The number of carbonyl (C=O) groups is 6. The summed E-state index contributed by atoms with van der Waals surface area (Å²) in [5.41, 5.74) is -0.818. The number of sulfone groups is 2. The van der Waals surface area contributed by atoms with Crippen molar-refractivity contribution in [3.8, 4) is 0 Å². The number of carboxylic acid groups (broad SMARTS) is 4. The Morgan fingerprint density at radius 2 is 1.06 bits per heavy atom. The molecule has 0 aromatic carbocycles. The molecule has 2 amide bonds. The van der Waals surface area contributed by atoms with Gasteiger partial charge < -0.3 is 39.8 Å². The van der Waals surface area contributed by atoms with Crippen LogP contribution in [0.4, 0.5) is 0 Å². The normalized spacial score (nSPS) is 30.2. The number of aromatic nitrogens is 6. The Morgan fingerprint density at radius 1 is 0.750 bits per heavy atom. The summed E-state index contributed by atoms with van der Waals surface area (Å²) >= 11 is 0. The predicted molar refractivity (Wildman–Crippen MR) is 137 cm³/mol. The first-order valence-electron chi connectivity index (χ1n) is 13.0. The molecule has 26 heteroatoms. The van der Waals surface area contributed by atoms with Gasteiger partial charge in [0, 0.05) is 0 Å². The van der Waals surface area contributed by atoms with Crippen molar-refractivity contribution in [2.24, 2.45) is 0 Å². The fourth-order valence-electron chi connectivity index (χ4n) is 6.13. The van der Waals surface area contributed by atoms with E-state index in [4.69, 9.17) is 10.2 Å². The van der Waals surface area contributed by atoms with Crippen LogP contribution in [0.2, 0.25) is 0 Å². The molecule has 248 valence electrons. The van der Waals surface area contributed by atoms with E-state index in [1.54, 1.807) is 0 Å². The molecule has 22 nitrogen and oxygen atoms in total. The van der Waals surface area contributed by atoms with Gasteiger partial charge in [0.15, 0.2) is 31.1 Å². The number of aliphatic carboxylic acids is 2. The van der Waals surface area contributed by atoms with Crippen molar-refractivity contribution in [2.75, 3.05) is 0 Å². The number of carbonyl (C=O) groups excluding carboxylic acids is 4. The maximum absolute atomic E-state index is 12.6. The molecule has 0 aliphatic carbocycles. The zero-order valence-electron chi connectivity index (χ0n) is 25.5. The van der Waals surface area contributed by atoms with Gasteiger partial charge in [-0.3, -0.25) is 9.59 Å². The first-order valence-corrected chi connectivity index (χ1v) is 16.1. The van der Waals surface area contributed by atoms with Gasteiger partial charge in [0.25, 0.3) is 0 Å². The molecule has 4 fully saturated rings. The van der Waals surface area contributed by atoms with Gasteiger partial charge in [-0.15, -0.1) is 10.2 Å². The van der Waals surface area contributed by atoms with Crippen LogP contribution in [0.1, 0.15) is 47.7 Å². The third kappa shape index (κ3) is 6.13. The van der Waals surface area contributed by atoms with Crippen LogP contribution in [-0.4, -0.2) is 135 Å². The molecule has 4 aliphatic rings. The Labute approximate surface area is 354 Å². The third-order valence-electron chi connectivity index (χ3n) is 8.54. The molecule has 48 heavy (non-hydrogen) atoms.